The van der Waals surface area contributed by atoms with Crippen LogP contribution in [0.3, 0.4) is 0 Å². The van der Waals surface area contributed by atoms with E-state index in [9.17, 15) is 14.0 Å². The van der Waals surface area contributed by atoms with E-state index in [4.69, 9.17) is 4.74 Å². The number of rotatable bonds is 4. The van der Waals surface area contributed by atoms with Crippen molar-refractivity contribution in [2.45, 2.75) is 37.8 Å². The van der Waals surface area contributed by atoms with Crippen LogP contribution in [0.2, 0.25) is 0 Å². The summed E-state index contributed by atoms with van der Waals surface area (Å²) >= 11 is 0. The second kappa shape index (κ2) is 7.78. The van der Waals surface area contributed by atoms with Crippen LogP contribution in [-0.4, -0.2) is 54.2 Å². The number of benzene rings is 1. The molecule has 1 aromatic carbocycles. The van der Waals surface area contributed by atoms with Gasteiger partial charge in [-0.3, -0.25) is 9.59 Å². The van der Waals surface area contributed by atoms with Crippen molar-refractivity contribution in [2.24, 2.45) is 0 Å². The van der Waals surface area contributed by atoms with E-state index in [0.29, 0.717) is 6.10 Å². The molecule has 144 valence electrons. The van der Waals surface area contributed by atoms with Gasteiger partial charge < -0.3 is 19.9 Å². The predicted octanol–water partition coefficient (Wildman–Crippen LogP) is 2.04. The van der Waals surface area contributed by atoms with Gasteiger partial charge in [0.1, 0.15) is 11.5 Å². The summed E-state index contributed by atoms with van der Waals surface area (Å²) in [5, 5.41) is 3.22. The zero-order valence-electron chi connectivity index (χ0n) is 15.2. The molecule has 2 aliphatic rings. The molecule has 2 saturated heterocycles. The summed E-state index contributed by atoms with van der Waals surface area (Å²) in [4.78, 5) is 29.9. The van der Waals surface area contributed by atoms with Crippen molar-refractivity contribution in [3.05, 3.63) is 46.0 Å². The molecular weight excluding hydrogens is 349 g/mol. The molecule has 0 radical (unpaired) electrons. The molecule has 0 unspecified atom stereocenters. The van der Waals surface area contributed by atoms with Gasteiger partial charge in [0.15, 0.2) is 5.43 Å². The fraction of sp³-hybridized carbons (Fsp3) is 0.500. The lowest BCUT2D eigenvalue weighted by atomic mass is 10.0. The van der Waals surface area contributed by atoms with Gasteiger partial charge in [0, 0.05) is 43.7 Å². The smallest absolute Gasteiger partial charge is 0.268 e. The van der Waals surface area contributed by atoms with Gasteiger partial charge in [-0.1, -0.05) is 6.07 Å². The Morgan fingerprint density at radius 3 is 2.85 bits per heavy atom. The minimum atomic E-state index is -0.540. The lowest BCUT2D eigenvalue weighted by Gasteiger charge is -2.33. The van der Waals surface area contributed by atoms with Gasteiger partial charge >= 0.3 is 0 Å². The Balaban J connectivity index is 1.38. The molecule has 3 heterocycles. The number of hydrogen-bond donors (Lipinski definition) is 2. The molecule has 0 spiro atoms. The van der Waals surface area contributed by atoms with Gasteiger partial charge in [0.05, 0.1) is 11.6 Å². The third-order valence-corrected chi connectivity index (χ3v) is 5.47. The zero-order valence-corrected chi connectivity index (χ0v) is 15.2. The highest BCUT2D eigenvalue weighted by atomic mass is 19.1. The Labute approximate surface area is 156 Å². The number of fused-ring (bicyclic) bond motifs is 1. The van der Waals surface area contributed by atoms with Crippen molar-refractivity contribution in [1.29, 1.82) is 0 Å². The summed E-state index contributed by atoms with van der Waals surface area (Å²) in [5.41, 5.74) is -0.194. The highest BCUT2D eigenvalue weighted by Gasteiger charge is 2.25. The van der Waals surface area contributed by atoms with Crippen LogP contribution in [0, 0.1) is 5.82 Å². The molecule has 1 aromatic heterocycles. The molecule has 2 aromatic rings. The maximum absolute atomic E-state index is 14.0. The molecule has 2 aliphatic heterocycles. The number of aromatic nitrogens is 1. The number of amides is 1. The Hall–Kier alpha value is -2.25. The molecule has 27 heavy (non-hydrogen) atoms. The molecule has 0 saturated carbocycles. The van der Waals surface area contributed by atoms with E-state index >= 15 is 0 Å². The second-order valence-electron chi connectivity index (χ2n) is 7.39. The van der Waals surface area contributed by atoms with E-state index in [1.165, 1.54) is 18.2 Å². The highest BCUT2D eigenvalue weighted by molar-refractivity contribution is 5.95. The first-order valence-corrected chi connectivity index (χ1v) is 9.56. The summed E-state index contributed by atoms with van der Waals surface area (Å²) in [6.45, 7) is 3.64. The molecule has 4 rings (SSSR count). The predicted molar refractivity (Wildman–Crippen MR) is 100 cm³/mol. The molecule has 0 bridgehead atoms. The monoisotopic (exact) mass is 373 g/mol. The number of likely N-dealkylation sites (tertiary alicyclic amines) is 1. The van der Waals surface area contributed by atoms with Gasteiger partial charge in [0.25, 0.3) is 5.91 Å². The Kier molecular flexibility index (Phi) is 5.22. The van der Waals surface area contributed by atoms with E-state index in [1.807, 2.05) is 0 Å². The normalized spacial score (nSPS) is 21.6. The molecule has 6 nitrogen and oxygen atoms in total. The van der Waals surface area contributed by atoms with Gasteiger partial charge in [0.2, 0.25) is 0 Å². The van der Waals surface area contributed by atoms with E-state index in [1.54, 1.807) is 6.07 Å². The highest BCUT2D eigenvalue weighted by Crippen LogP contribution is 2.17. The van der Waals surface area contributed by atoms with E-state index in [0.717, 1.165) is 51.9 Å². The van der Waals surface area contributed by atoms with Crippen LogP contribution in [-0.2, 0) is 4.74 Å². The van der Waals surface area contributed by atoms with Crippen LogP contribution in [0.25, 0.3) is 10.9 Å². The first kappa shape index (κ1) is 18.1. The maximum Gasteiger partial charge on any atom is 0.268 e. The third kappa shape index (κ3) is 4.04. The summed E-state index contributed by atoms with van der Waals surface area (Å²) in [5.74, 6) is -0.906. The number of H-pyrrole nitrogens is 1. The van der Waals surface area contributed by atoms with Gasteiger partial charge in [-0.2, -0.15) is 0 Å². The van der Waals surface area contributed by atoms with E-state index in [-0.39, 0.29) is 34.0 Å². The molecule has 1 atom stereocenters. The van der Waals surface area contributed by atoms with E-state index < -0.39 is 5.82 Å². The minimum absolute atomic E-state index is 0.0538. The van der Waals surface area contributed by atoms with E-state index in [2.05, 4.69) is 15.2 Å². The number of para-hydroxylation sites is 1. The zero-order chi connectivity index (χ0) is 18.8. The molecule has 7 heteroatoms. The largest absolute Gasteiger partial charge is 0.377 e. The third-order valence-electron chi connectivity index (χ3n) is 5.47. The quantitative estimate of drug-likeness (QED) is 0.860. The standard InChI is InChI=1S/C20H24FN3O3/c21-16-5-1-4-15-18(25)11-17(23-19(15)16)20(26)22-13-6-8-24(9-7-13)12-14-3-2-10-27-14/h1,4-5,11,13-14H,2-3,6-10,12H2,(H,22,26)(H,23,25)/t14-/m1/s1. The summed E-state index contributed by atoms with van der Waals surface area (Å²) in [7, 11) is 0. The number of piperidine rings is 1. The first-order chi connectivity index (χ1) is 13.1. The summed E-state index contributed by atoms with van der Waals surface area (Å²) in [6.07, 6.45) is 4.31. The molecular formula is C20H24FN3O3. The number of carbonyl (C=O) groups excluding carboxylic acids is 1. The fourth-order valence-electron chi connectivity index (χ4n) is 3.96. The van der Waals surface area contributed by atoms with Crippen LogP contribution in [0.5, 0.6) is 0 Å². The average Bonchev–Trinajstić information content (AvgIpc) is 3.17. The van der Waals surface area contributed by atoms with Gasteiger partial charge in [-0.15, -0.1) is 0 Å². The molecule has 0 aliphatic carbocycles. The van der Waals surface area contributed by atoms with Crippen LogP contribution in [0.4, 0.5) is 4.39 Å². The van der Waals surface area contributed by atoms with Gasteiger partial charge in [-0.25, -0.2) is 4.39 Å². The van der Waals surface area contributed by atoms with Crippen molar-refractivity contribution in [3.63, 3.8) is 0 Å². The molecule has 2 N–H and O–H groups in total. The van der Waals surface area contributed by atoms with Crippen molar-refractivity contribution in [2.75, 3.05) is 26.2 Å². The van der Waals surface area contributed by atoms with Crippen molar-refractivity contribution >= 4 is 16.8 Å². The number of nitrogens with zero attached hydrogens (tertiary/aromatic N) is 1. The number of halogens is 1. The topological polar surface area (TPSA) is 74.4 Å². The number of carbonyl (C=O) groups is 1. The number of ether oxygens (including phenoxy) is 1. The Bertz CT molecular complexity index is 884. The van der Waals surface area contributed by atoms with Crippen molar-refractivity contribution in [3.8, 4) is 0 Å². The lowest BCUT2D eigenvalue weighted by molar-refractivity contribution is 0.0612. The molecule has 2 fully saturated rings. The van der Waals surface area contributed by atoms with Crippen LogP contribution in [0.1, 0.15) is 36.2 Å². The second-order valence-corrected chi connectivity index (χ2v) is 7.39. The SMILES string of the molecule is O=C(NC1CCN(C[C@H]2CCCO2)CC1)c1cc(=O)c2cccc(F)c2[nH]1. The fourth-order valence-corrected chi connectivity index (χ4v) is 3.96. The number of nitrogens with one attached hydrogen (secondary N) is 2. The maximum atomic E-state index is 14.0. The van der Waals surface area contributed by atoms with Crippen LogP contribution >= 0.6 is 0 Å². The lowest BCUT2D eigenvalue weighted by Crippen LogP contribution is -2.46. The number of pyridine rings is 1. The van der Waals surface area contributed by atoms with Crippen LogP contribution < -0.4 is 10.7 Å². The summed E-state index contributed by atoms with van der Waals surface area (Å²) in [6, 6.07) is 5.59. The van der Waals surface area contributed by atoms with Crippen molar-refractivity contribution < 1.29 is 13.9 Å². The summed E-state index contributed by atoms with van der Waals surface area (Å²) < 4.78 is 19.6. The Morgan fingerprint density at radius 2 is 2.11 bits per heavy atom. The van der Waals surface area contributed by atoms with Gasteiger partial charge in [-0.05, 0) is 37.8 Å². The molecule has 1 amide bonds. The number of aromatic amines is 1. The number of hydrogen-bond acceptors (Lipinski definition) is 4. The van der Waals surface area contributed by atoms with Crippen LogP contribution in [0.15, 0.2) is 29.1 Å². The Morgan fingerprint density at radius 1 is 1.30 bits per heavy atom. The minimum Gasteiger partial charge on any atom is -0.377 e. The average molecular weight is 373 g/mol. The van der Waals surface area contributed by atoms with Crippen molar-refractivity contribution in [1.82, 2.24) is 15.2 Å². The first-order valence-electron chi connectivity index (χ1n) is 9.56.